The molecule has 1 aromatic carbocycles. The molecule has 0 saturated heterocycles. The van der Waals surface area contributed by atoms with E-state index >= 15 is 0 Å². The summed E-state index contributed by atoms with van der Waals surface area (Å²) in [5.74, 6) is -0.695. The predicted molar refractivity (Wildman–Crippen MR) is 60.3 cm³/mol. The van der Waals surface area contributed by atoms with E-state index in [1.165, 1.54) is 12.1 Å². The van der Waals surface area contributed by atoms with Gasteiger partial charge in [-0.3, -0.25) is 0 Å². The zero-order valence-electron chi connectivity index (χ0n) is 9.63. The lowest BCUT2D eigenvalue weighted by molar-refractivity contribution is 0.426. The van der Waals surface area contributed by atoms with E-state index in [2.05, 4.69) is 12.2 Å². The van der Waals surface area contributed by atoms with Crippen molar-refractivity contribution in [2.75, 3.05) is 7.05 Å². The normalized spacial score (nSPS) is 29.6. The lowest BCUT2D eigenvalue weighted by atomic mass is 9.89. The summed E-state index contributed by atoms with van der Waals surface area (Å²) in [4.78, 5) is 0. The predicted octanol–water partition coefficient (Wildman–Crippen LogP) is 3.07. The smallest absolute Gasteiger partial charge is 0.159 e. The Labute approximate surface area is 94.9 Å². The van der Waals surface area contributed by atoms with Gasteiger partial charge in [0.15, 0.2) is 11.6 Å². The number of nitrogens with one attached hydrogen (secondary N) is 1. The zero-order valence-corrected chi connectivity index (χ0v) is 9.63. The molecule has 1 N–H and O–H groups in total. The van der Waals surface area contributed by atoms with Crippen molar-refractivity contribution in [3.63, 3.8) is 0 Å². The van der Waals surface area contributed by atoms with E-state index in [0.29, 0.717) is 17.9 Å². The lowest BCUT2D eigenvalue weighted by Crippen LogP contribution is -2.28. The Kier molecular flexibility index (Phi) is 3.24. The number of benzene rings is 1. The van der Waals surface area contributed by atoms with Gasteiger partial charge in [-0.1, -0.05) is 13.0 Å². The quantitative estimate of drug-likeness (QED) is 0.815. The van der Waals surface area contributed by atoms with Crippen LogP contribution in [0.2, 0.25) is 0 Å². The molecule has 3 unspecified atom stereocenters. The molecule has 1 aliphatic rings. The molecule has 3 heteroatoms. The zero-order chi connectivity index (χ0) is 11.7. The van der Waals surface area contributed by atoms with Crippen LogP contribution in [0.5, 0.6) is 0 Å². The van der Waals surface area contributed by atoms with E-state index in [1.54, 1.807) is 6.07 Å². The van der Waals surface area contributed by atoms with Gasteiger partial charge in [-0.05, 0) is 49.4 Å². The van der Waals surface area contributed by atoms with E-state index in [1.807, 2.05) is 7.05 Å². The van der Waals surface area contributed by atoms with Crippen LogP contribution < -0.4 is 5.32 Å². The number of hydrogen-bond donors (Lipinski definition) is 1. The first kappa shape index (κ1) is 11.5. The maximum Gasteiger partial charge on any atom is 0.159 e. The molecule has 16 heavy (non-hydrogen) atoms. The molecule has 0 radical (unpaired) electrons. The molecule has 0 amide bonds. The van der Waals surface area contributed by atoms with Gasteiger partial charge in [-0.15, -0.1) is 0 Å². The van der Waals surface area contributed by atoms with Gasteiger partial charge < -0.3 is 5.32 Å². The maximum atomic E-state index is 13.1. The molecule has 0 heterocycles. The summed E-state index contributed by atoms with van der Waals surface area (Å²) in [5, 5.41) is 3.27. The number of halogens is 2. The van der Waals surface area contributed by atoms with Crippen molar-refractivity contribution in [3.05, 3.63) is 35.4 Å². The third-order valence-electron chi connectivity index (χ3n) is 3.80. The van der Waals surface area contributed by atoms with Crippen LogP contribution in [-0.4, -0.2) is 13.1 Å². The van der Waals surface area contributed by atoms with Crippen LogP contribution in [0.1, 0.15) is 31.2 Å². The molecule has 1 aliphatic carbocycles. The summed E-state index contributed by atoms with van der Waals surface area (Å²) in [6, 6.07) is 4.76. The summed E-state index contributed by atoms with van der Waals surface area (Å²) < 4.78 is 26.0. The molecular weight excluding hydrogens is 208 g/mol. The summed E-state index contributed by atoms with van der Waals surface area (Å²) in [6.07, 6.45) is 2.14. The van der Waals surface area contributed by atoms with Gasteiger partial charge in [0.1, 0.15) is 0 Å². The number of hydrogen-bond acceptors (Lipinski definition) is 1. The highest BCUT2D eigenvalue weighted by Gasteiger charge is 2.32. The molecule has 88 valence electrons. The highest BCUT2D eigenvalue weighted by atomic mass is 19.2. The van der Waals surface area contributed by atoms with Gasteiger partial charge in [-0.25, -0.2) is 8.78 Å². The maximum absolute atomic E-state index is 13.1. The van der Waals surface area contributed by atoms with E-state index in [0.717, 1.165) is 18.4 Å². The summed E-state index contributed by atoms with van der Waals surface area (Å²) >= 11 is 0. The van der Waals surface area contributed by atoms with Gasteiger partial charge in [0.25, 0.3) is 0 Å². The number of rotatable bonds is 2. The molecule has 0 aromatic heterocycles. The summed E-state index contributed by atoms with van der Waals surface area (Å²) in [5.41, 5.74) is 0.921. The molecule has 2 rings (SSSR count). The summed E-state index contributed by atoms with van der Waals surface area (Å²) in [7, 11) is 1.95. The highest BCUT2D eigenvalue weighted by Crippen LogP contribution is 2.39. The fourth-order valence-electron chi connectivity index (χ4n) is 2.79. The third kappa shape index (κ3) is 1.96. The lowest BCUT2D eigenvalue weighted by Gasteiger charge is -2.20. The minimum atomic E-state index is -0.764. The first-order chi connectivity index (χ1) is 7.63. The Morgan fingerprint density at radius 2 is 1.94 bits per heavy atom. The van der Waals surface area contributed by atoms with Crippen molar-refractivity contribution in [3.8, 4) is 0 Å². The molecule has 1 aromatic rings. The summed E-state index contributed by atoms with van der Waals surface area (Å²) in [6.45, 7) is 2.17. The van der Waals surface area contributed by atoms with Crippen LogP contribution in [-0.2, 0) is 0 Å². The second kappa shape index (κ2) is 4.50. The Morgan fingerprint density at radius 3 is 2.50 bits per heavy atom. The molecule has 1 nitrogen and oxygen atoms in total. The first-order valence-electron chi connectivity index (χ1n) is 5.75. The largest absolute Gasteiger partial charge is 0.317 e. The van der Waals surface area contributed by atoms with E-state index in [-0.39, 0.29) is 0 Å². The minimum absolute atomic E-state index is 0.340. The second-order valence-corrected chi connectivity index (χ2v) is 4.61. The van der Waals surface area contributed by atoms with Crippen molar-refractivity contribution < 1.29 is 8.78 Å². The van der Waals surface area contributed by atoms with Crippen LogP contribution in [0, 0.1) is 17.6 Å². The van der Waals surface area contributed by atoms with Crippen LogP contribution >= 0.6 is 0 Å². The van der Waals surface area contributed by atoms with E-state index < -0.39 is 11.6 Å². The molecule has 0 spiro atoms. The molecule has 0 bridgehead atoms. The van der Waals surface area contributed by atoms with Gasteiger partial charge in [0.2, 0.25) is 0 Å². The SMILES string of the molecule is CNC1CCC(c2ccc(F)c(F)c2)C1C. The monoisotopic (exact) mass is 225 g/mol. The fraction of sp³-hybridized carbons (Fsp3) is 0.538. The van der Waals surface area contributed by atoms with E-state index in [9.17, 15) is 8.78 Å². The Hall–Kier alpha value is -0.960. The molecular formula is C13H17F2N. The Morgan fingerprint density at radius 1 is 1.19 bits per heavy atom. The van der Waals surface area contributed by atoms with Crippen molar-refractivity contribution in [1.29, 1.82) is 0 Å². The topological polar surface area (TPSA) is 12.0 Å². The van der Waals surface area contributed by atoms with Crippen LogP contribution in [0.3, 0.4) is 0 Å². The first-order valence-corrected chi connectivity index (χ1v) is 5.75. The highest BCUT2D eigenvalue weighted by molar-refractivity contribution is 5.24. The second-order valence-electron chi connectivity index (χ2n) is 4.61. The van der Waals surface area contributed by atoms with Crippen molar-refractivity contribution >= 4 is 0 Å². The van der Waals surface area contributed by atoms with Gasteiger partial charge in [0.05, 0.1) is 0 Å². The van der Waals surface area contributed by atoms with Crippen LogP contribution in [0.15, 0.2) is 18.2 Å². The van der Waals surface area contributed by atoms with Gasteiger partial charge in [-0.2, -0.15) is 0 Å². The molecule has 3 atom stereocenters. The van der Waals surface area contributed by atoms with Crippen molar-refractivity contribution in [2.45, 2.75) is 31.7 Å². The third-order valence-corrected chi connectivity index (χ3v) is 3.80. The minimum Gasteiger partial charge on any atom is -0.317 e. The Balaban J connectivity index is 2.22. The van der Waals surface area contributed by atoms with Crippen LogP contribution in [0.4, 0.5) is 8.78 Å². The van der Waals surface area contributed by atoms with Crippen molar-refractivity contribution in [2.24, 2.45) is 5.92 Å². The molecule has 0 aliphatic heterocycles. The average Bonchev–Trinajstić information content (AvgIpc) is 2.64. The Bertz CT molecular complexity index is 378. The molecule has 1 fully saturated rings. The molecule has 1 saturated carbocycles. The average molecular weight is 225 g/mol. The van der Waals surface area contributed by atoms with Gasteiger partial charge in [0, 0.05) is 6.04 Å². The van der Waals surface area contributed by atoms with E-state index in [4.69, 9.17) is 0 Å². The van der Waals surface area contributed by atoms with Crippen LogP contribution in [0.25, 0.3) is 0 Å². The standard InChI is InChI=1S/C13H17F2N/c1-8-10(4-6-13(8)16-2)9-3-5-11(14)12(15)7-9/h3,5,7-8,10,13,16H,4,6H2,1-2H3. The van der Waals surface area contributed by atoms with Crippen molar-refractivity contribution in [1.82, 2.24) is 5.32 Å². The fourth-order valence-corrected chi connectivity index (χ4v) is 2.79. The van der Waals surface area contributed by atoms with Gasteiger partial charge >= 0.3 is 0 Å².